The molecule has 1 aliphatic carbocycles. The predicted octanol–water partition coefficient (Wildman–Crippen LogP) is 3.57. The number of amides is 1. The van der Waals surface area contributed by atoms with Gasteiger partial charge >= 0.3 is 5.97 Å². The van der Waals surface area contributed by atoms with Gasteiger partial charge < -0.3 is 19.8 Å². The third-order valence-corrected chi connectivity index (χ3v) is 6.01. The van der Waals surface area contributed by atoms with E-state index in [0.717, 1.165) is 5.56 Å². The molecule has 3 aromatic rings. The fourth-order valence-electron chi connectivity index (χ4n) is 4.69. The highest BCUT2D eigenvalue weighted by atomic mass is 16.5. The predicted molar refractivity (Wildman–Crippen MR) is 118 cm³/mol. The monoisotopic (exact) mass is 427 g/mol. The van der Waals surface area contributed by atoms with Gasteiger partial charge in [0.25, 0.3) is 6.01 Å². The lowest BCUT2D eigenvalue weighted by atomic mass is 9.74. The number of ether oxygens (including phenoxy) is 1. The quantitative estimate of drug-likeness (QED) is 0.494. The highest BCUT2D eigenvalue weighted by Crippen LogP contribution is 2.57. The van der Waals surface area contributed by atoms with E-state index in [1.165, 1.54) is 4.90 Å². The smallest absolute Gasteiger partial charge is 0.337 e. The van der Waals surface area contributed by atoms with Crippen LogP contribution in [0.3, 0.4) is 0 Å². The summed E-state index contributed by atoms with van der Waals surface area (Å²) in [6.07, 6.45) is 1.62. The summed E-state index contributed by atoms with van der Waals surface area (Å²) in [4.78, 5) is 33.4. The van der Waals surface area contributed by atoms with Crippen LogP contribution >= 0.6 is 0 Å². The number of nitrogen functional groups attached to an aromatic ring is 1. The molecule has 0 radical (unpaired) electrons. The van der Waals surface area contributed by atoms with E-state index in [2.05, 4.69) is 11.6 Å². The molecule has 2 aromatic carbocycles. The number of anilines is 1. The van der Waals surface area contributed by atoms with Crippen LogP contribution in [-0.4, -0.2) is 28.3 Å². The fourth-order valence-corrected chi connectivity index (χ4v) is 4.69. The summed E-state index contributed by atoms with van der Waals surface area (Å²) >= 11 is 0. The van der Waals surface area contributed by atoms with Crippen molar-refractivity contribution in [1.29, 1.82) is 0 Å². The Hall–Kier alpha value is -4.13. The Morgan fingerprint density at radius 1 is 1.22 bits per heavy atom. The SMILES string of the molecule is C=CCN1C(=O)C2(C(C(=O)OCc3ccccc3)=C1C)c1ccccc1-c1oc(N)nc12. The van der Waals surface area contributed by atoms with E-state index in [1.807, 2.05) is 54.6 Å². The van der Waals surface area contributed by atoms with Crippen LogP contribution in [-0.2, 0) is 26.3 Å². The molecular formula is C25H21N3O4. The summed E-state index contributed by atoms with van der Waals surface area (Å²) < 4.78 is 11.4. The molecule has 1 spiro atoms. The Bertz CT molecular complexity index is 1290. The van der Waals surface area contributed by atoms with Gasteiger partial charge in [0.05, 0.1) is 5.57 Å². The van der Waals surface area contributed by atoms with Crippen LogP contribution in [0.4, 0.5) is 6.01 Å². The van der Waals surface area contributed by atoms with Gasteiger partial charge in [-0.05, 0) is 18.1 Å². The second kappa shape index (κ2) is 7.23. The highest BCUT2D eigenvalue weighted by molar-refractivity contribution is 6.14. The number of oxazole rings is 1. The van der Waals surface area contributed by atoms with Gasteiger partial charge in [-0.3, -0.25) is 4.79 Å². The first kappa shape index (κ1) is 19.8. The standard InChI is InChI=1S/C25H21N3O4/c1-3-13-28-15(2)19(22(29)31-14-16-9-5-4-6-10-16)25(23(28)30)18-12-8-7-11-17(18)20-21(25)27-24(26)32-20/h3-12H,1,13-14H2,2H3,(H2,26,27). The van der Waals surface area contributed by atoms with E-state index in [0.29, 0.717) is 28.3 Å². The van der Waals surface area contributed by atoms with Crippen molar-refractivity contribution in [2.24, 2.45) is 0 Å². The van der Waals surface area contributed by atoms with Crippen LogP contribution in [0.15, 0.2) is 82.9 Å². The Morgan fingerprint density at radius 2 is 1.94 bits per heavy atom. The molecule has 7 nitrogen and oxygen atoms in total. The van der Waals surface area contributed by atoms with Gasteiger partial charge in [0.1, 0.15) is 12.3 Å². The van der Waals surface area contributed by atoms with Gasteiger partial charge in [0.15, 0.2) is 11.2 Å². The summed E-state index contributed by atoms with van der Waals surface area (Å²) in [6.45, 7) is 5.82. The first-order valence-electron chi connectivity index (χ1n) is 10.2. The molecule has 1 aromatic heterocycles. The molecule has 2 N–H and O–H groups in total. The van der Waals surface area contributed by atoms with Crippen molar-refractivity contribution >= 4 is 17.9 Å². The lowest BCUT2D eigenvalue weighted by Crippen LogP contribution is -2.42. The molecule has 0 saturated heterocycles. The first-order valence-corrected chi connectivity index (χ1v) is 10.2. The zero-order valence-corrected chi connectivity index (χ0v) is 17.5. The maximum Gasteiger partial charge on any atom is 0.337 e. The van der Waals surface area contributed by atoms with Crippen molar-refractivity contribution in [2.45, 2.75) is 18.9 Å². The van der Waals surface area contributed by atoms with Gasteiger partial charge in [-0.15, -0.1) is 6.58 Å². The Labute approximate surface area is 184 Å². The second-order valence-corrected chi connectivity index (χ2v) is 7.75. The zero-order chi connectivity index (χ0) is 22.5. The molecule has 2 heterocycles. The Morgan fingerprint density at radius 3 is 2.69 bits per heavy atom. The van der Waals surface area contributed by atoms with Crippen molar-refractivity contribution in [3.05, 3.63) is 95.3 Å². The number of esters is 1. The number of aromatic nitrogens is 1. The van der Waals surface area contributed by atoms with E-state index >= 15 is 0 Å². The van der Waals surface area contributed by atoms with Crippen LogP contribution < -0.4 is 5.73 Å². The molecule has 32 heavy (non-hydrogen) atoms. The van der Waals surface area contributed by atoms with Crippen molar-refractivity contribution in [1.82, 2.24) is 9.88 Å². The minimum Gasteiger partial charge on any atom is -0.457 e. The maximum atomic E-state index is 14.0. The molecule has 1 unspecified atom stereocenters. The van der Waals surface area contributed by atoms with Gasteiger partial charge in [0.2, 0.25) is 5.91 Å². The lowest BCUT2D eigenvalue weighted by molar-refractivity contribution is -0.142. The van der Waals surface area contributed by atoms with Gasteiger partial charge in [0, 0.05) is 17.8 Å². The second-order valence-electron chi connectivity index (χ2n) is 7.75. The average molecular weight is 427 g/mol. The maximum absolute atomic E-state index is 14.0. The number of rotatable bonds is 5. The third kappa shape index (κ3) is 2.57. The minimum absolute atomic E-state index is 0.0616. The summed E-state index contributed by atoms with van der Waals surface area (Å²) in [6, 6.07) is 16.6. The van der Waals surface area contributed by atoms with Crippen LogP contribution in [0, 0.1) is 0 Å². The molecule has 2 aliphatic rings. The molecular weight excluding hydrogens is 406 g/mol. The normalized spacial score (nSPS) is 18.8. The van der Waals surface area contributed by atoms with E-state index < -0.39 is 11.4 Å². The first-order chi connectivity index (χ1) is 15.5. The molecule has 1 aliphatic heterocycles. The van der Waals surface area contributed by atoms with Crippen LogP contribution in [0.25, 0.3) is 11.3 Å². The molecule has 5 rings (SSSR count). The Balaban J connectivity index is 1.69. The number of nitrogens with zero attached hydrogens (tertiary/aromatic N) is 2. The van der Waals surface area contributed by atoms with Crippen LogP contribution in [0.1, 0.15) is 23.7 Å². The minimum atomic E-state index is -1.48. The van der Waals surface area contributed by atoms with E-state index in [-0.39, 0.29) is 30.6 Å². The number of carbonyl (C=O) groups excluding carboxylic acids is 2. The highest BCUT2D eigenvalue weighted by Gasteiger charge is 2.63. The molecule has 0 saturated carbocycles. The molecule has 0 bridgehead atoms. The molecule has 7 heteroatoms. The van der Waals surface area contributed by atoms with Crippen molar-refractivity contribution in [2.75, 3.05) is 12.3 Å². The number of fused-ring (bicyclic) bond motifs is 5. The fraction of sp³-hybridized carbons (Fsp3) is 0.160. The number of benzene rings is 2. The van der Waals surface area contributed by atoms with Crippen molar-refractivity contribution in [3.8, 4) is 11.3 Å². The Kier molecular flexibility index (Phi) is 4.48. The van der Waals surface area contributed by atoms with Crippen LogP contribution in [0.2, 0.25) is 0 Å². The summed E-state index contributed by atoms with van der Waals surface area (Å²) in [7, 11) is 0. The van der Waals surface area contributed by atoms with Crippen molar-refractivity contribution in [3.63, 3.8) is 0 Å². The van der Waals surface area contributed by atoms with Gasteiger partial charge in [-0.1, -0.05) is 60.7 Å². The molecule has 1 amide bonds. The summed E-state index contributed by atoms with van der Waals surface area (Å²) in [5.74, 6) is -0.496. The lowest BCUT2D eigenvalue weighted by Gasteiger charge is -2.26. The number of hydrogen-bond acceptors (Lipinski definition) is 6. The van der Waals surface area contributed by atoms with Gasteiger partial charge in [-0.25, -0.2) is 4.79 Å². The number of allylic oxidation sites excluding steroid dienone is 1. The molecule has 160 valence electrons. The number of hydrogen-bond donors (Lipinski definition) is 1. The topological polar surface area (TPSA) is 98.7 Å². The molecule has 1 atom stereocenters. The number of nitrogens with two attached hydrogens (primary N) is 1. The van der Waals surface area contributed by atoms with E-state index in [9.17, 15) is 9.59 Å². The average Bonchev–Trinajstić information content (AvgIpc) is 3.38. The van der Waals surface area contributed by atoms with Crippen molar-refractivity contribution < 1.29 is 18.7 Å². The zero-order valence-electron chi connectivity index (χ0n) is 17.5. The third-order valence-electron chi connectivity index (χ3n) is 6.01. The van der Waals surface area contributed by atoms with E-state index in [4.69, 9.17) is 14.9 Å². The molecule has 0 fully saturated rings. The van der Waals surface area contributed by atoms with E-state index in [1.54, 1.807) is 13.0 Å². The summed E-state index contributed by atoms with van der Waals surface area (Å²) in [5.41, 5.74) is 7.59. The largest absolute Gasteiger partial charge is 0.457 e. The van der Waals surface area contributed by atoms with Crippen LogP contribution in [0.5, 0.6) is 0 Å². The van der Waals surface area contributed by atoms with Gasteiger partial charge in [-0.2, -0.15) is 4.98 Å². The number of carbonyl (C=O) groups is 2. The summed E-state index contributed by atoms with van der Waals surface area (Å²) in [5, 5.41) is 0.